The fourth-order valence-electron chi connectivity index (χ4n) is 2.44. The molecule has 0 fully saturated rings. The molecule has 20 heavy (non-hydrogen) atoms. The highest BCUT2D eigenvalue weighted by Crippen LogP contribution is 2.31. The molecule has 0 saturated heterocycles. The first-order valence-corrected chi connectivity index (χ1v) is 7.63. The number of carbonyl (C=O) groups is 1. The second-order valence-electron chi connectivity index (χ2n) is 4.99. The third kappa shape index (κ3) is 3.66. The zero-order valence-electron chi connectivity index (χ0n) is 12.6. The van der Waals surface area contributed by atoms with Crippen molar-refractivity contribution in [3.63, 3.8) is 0 Å². The number of alkyl halides is 1. The number of halogens is 1. The maximum atomic E-state index is 12.2. The molecule has 0 atom stereocenters. The second-order valence-corrected chi connectivity index (χ2v) is 5.37. The molecule has 1 aromatic rings. The average Bonchev–Trinajstić information content (AvgIpc) is 2.38. The summed E-state index contributed by atoms with van der Waals surface area (Å²) in [4.78, 5) is 12.2. The molecule has 0 unspecified atom stereocenters. The number of benzene rings is 1. The minimum atomic E-state index is -0.465. The maximum Gasteiger partial charge on any atom is 0.342 e. The normalized spacial score (nSPS) is 10.9. The van der Waals surface area contributed by atoms with E-state index in [1.165, 1.54) is 0 Å². The lowest BCUT2D eigenvalue weighted by molar-refractivity contribution is 0.0373. The molecule has 0 spiro atoms. The van der Waals surface area contributed by atoms with Gasteiger partial charge in [0.05, 0.1) is 6.10 Å². The Labute approximate surface area is 125 Å². The van der Waals surface area contributed by atoms with Crippen molar-refractivity contribution in [3.8, 4) is 5.75 Å². The van der Waals surface area contributed by atoms with Gasteiger partial charge in [-0.05, 0) is 55.9 Å². The number of rotatable bonds is 6. The first kappa shape index (κ1) is 16.8. The smallest absolute Gasteiger partial charge is 0.342 e. The Morgan fingerprint density at radius 3 is 2.40 bits per heavy atom. The van der Waals surface area contributed by atoms with Crippen LogP contribution in [-0.2, 0) is 24.0 Å². The summed E-state index contributed by atoms with van der Waals surface area (Å²) in [5, 5.41) is 10.2. The highest BCUT2D eigenvalue weighted by molar-refractivity contribution is 6.18. The van der Waals surface area contributed by atoms with Crippen molar-refractivity contribution in [1.29, 1.82) is 0 Å². The number of phenolic OH excluding ortho intramolecular Hbond substituents is 1. The lowest BCUT2D eigenvalue weighted by Gasteiger charge is -2.18. The molecule has 3 nitrogen and oxygen atoms in total. The number of ether oxygens (including phenoxy) is 1. The Morgan fingerprint density at radius 1 is 1.30 bits per heavy atom. The minimum Gasteiger partial charge on any atom is -0.507 e. The van der Waals surface area contributed by atoms with Crippen LogP contribution < -0.4 is 0 Å². The topological polar surface area (TPSA) is 46.5 Å². The predicted octanol–water partition coefficient (Wildman–Crippen LogP) is 3.86. The van der Waals surface area contributed by atoms with E-state index in [-0.39, 0.29) is 11.9 Å². The lowest BCUT2D eigenvalue weighted by atomic mass is 9.90. The van der Waals surface area contributed by atoms with E-state index in [4.69, 9.17) is 16.3 Å². The van der Waals surface area contributed by atoms with Gasteiger partial charge in [-0.3, -0.25) is 0 Å². The Morgan fingerprint density at radius 2 is 1.95 bits per heavy atom. The number of hydrogen-bond acceptors (Lipinski definition) is 3. The fourth-order valence-corrected chi connectivity index (χ4v) is 2.62. The Balaban J connectivity index is 3.42. The maximum absolute atomic E-state index is 12.2. The highest BCUT2D eigenvalue weighted by atomic mass is 35.5. The average molecular weight is 299 g/mol. The molecule has 0 aliphatic carbocycles. The van der Waals surface area contributed by atoms with Crippen LogP contribution in [0.5, 0.6) is 5.75 Å². The molecule has 112 valence electrons. The van der Waals surface area contributed by atoms with Crippen LogP contribution >= 0.6 is 11.6 Å². The summed E-state index contributed by atoms with van der Waals surface area (Å²) in [7, 11) is 0. The van der Waals surface area contributed by atoms with Gasteiger partial charge >= 0.3 is 5.97 Å². The Hall–Kier alpha value is -1.22. The van der Waals surface area contributed by atoms with E-state index in [1.807, 2.05) is 13.8 Å². The summed E-state index contributed by atoms with van der Waals surface area (Å²) in [5.74, 6) is 0.0270. The van der Waals surface area contributed by atoms with Gasteiger partial charge in [-0.1, -0.05) is 13.8 Å². The largest absolute Gasteiger partial charge is 0.507 e. The van der Waals surface area contributed by atoms with E-state index in [0.717, 1.165) is 23.1 Å². The molecule has 1 aromatic carbocycles. The molecule has 0 saturated carbocycles. The summed E-state index contributed by atoms with van der Waals surface area (Å²) in [6.45, 7) is 7.58. The van der Waals surface area contributed by atoms with Crippen LogP contribution in [0.4, 0.5) is 0 Å². The SMILES string of the molecule is CCc1cc(O)c(C(=O)OC(C)C)c(CC)c1CCCl. The first-order chi connectivity index (χ1) is 9.46. The van der Waals surface area contributed by atoms with Gasteiger partial charge in [0.2, 0.25) is 0 Å². The molecule has 0 heterocycles. The van der Waals surface area contributed by atoms with Gasteiger partial charge in [0.25, 0.3) is 0 Å². The van der Waals surface area contributed by atoms with Crippen molar-refractivity contribution in [1.82, 2.24) is 0 Å². The van der Waals surface area contributed by atoms with E-state index in [2.05, 4.69) is 0 Å². The van der Waals surface area contributed by atoms with Crippen molar-refractivity contribution in [2.24, 2.45) is 0 Å². The monoisotopic (exact) mass is 298 g/mol. The van der Waals surface area contributed by atoms with Crippen LogP contribution in [0.1, 0.15) is 54.7 Å². The Bertz CT molecular complexity index is 481. The van der Waals surface area contributed by atoms with Gasteiger partial charge < -0.3 is 9.84 Å². The van der Waals surface area contributed by atoms with Crippen molar-refractivity contribution < 1.29 is 14.6 Å². The zero-order chi connectivity index (χ0) is 15.3. The lowest BCUT2D eigenvalue weighted by Crippen LogP contribution is -2.16. The number of esters is 1. The highest BCUT2D eigenvalue weighted by Gasteiger charge is 2.22. The molecule has 1 rings (SSSR count). The predicted molar refractivity (Wildman–Crippen MR) is 81.8 cm³/mol. The van der Waals surface area contributed by atoms with E-state index in [9.17, 15) is 9.90 Å². The molecule has 0 amide bonds. The number of hydrogen-bond donors (Lipinski definition) is 1. The quantitative estimate of drug-likeness (QED) is 0.641. The summed E-state index contributed by atoms with van der Waals surface area (Å²) in [5.41, 5.74) is 3.26. The van der Waals surface area contributed by atoms with Crippen LogP contribution in [0.2, 0.25) is 0 Å². The third-order valence-corrected chi connectivity index (χ3v) is 3.44. The molecule has 0 radical (unpaired) electrons. The minimum absolute atomic E-state index is 0.00247. The van der Waals surface area contributed by atoms with E-state index >= 15 is 0 Å². The van der Waals surface area contributed by atoms with Gasteiger partial charge in [-0.25, -0.2) is 4.79 Å². The van der Waals surface area contributed by atoms with Crippen LogP contribution in [-0.4, -0.2) is 23.1 Å². The summed E-state index contributed by atoms with van der Waals surface area (Å²) in [6, 6.07) is 1.66. The van der Waals surface area contributed by atoms with Crippen molar-refractivity contribution in [2.45, 2.75) is 53.1 Å². The van der Waals surface area contributed by atoms with Crippen molar-refractivity contribution >= 4 is 17.6 Å². The standard InChI is InChI=1S/C16H23ClO3/c1-5-11-9-14(18)15(16(19)20-10(3)4)12(6-2)13(11)7-8-17/h9-10,18H,5-8H2,1-4H3. The molecule has 4 heteroatoms. The molecule has 1 N–H and O–H groups in total. The fraction of sp³-hybridized carbons (Fsp3) is 0.562. The van der Waals surface area contributed by atoms with E-state index in [0.29, 0.717) is 24.3 Å². The van der Waals surface area contributed by atoms with E-state index in [1.54, 1.807) is 19.9 Å². The van der Waals surface area contributed by atoms with Gasteiger partial charge in [-0.15, -0.1) is 11.6 Å². The first-order valence-electron chi connectivity index (χ1n) is 7.09. The summed E-state index contributed by atoms with van der Waals surface area (Å²) >= 11 is 5.87. The number of aryl methyl sites for hydroxylation is 1. The van der Waals surface area contributed by atoms with Crippen LogP contribution in [0.25, 0.3) is 0 Å². The molecular formula is C16H23ClO3. The van der Waals surface area contributed by atoms with Gasteiger partial charge in [0, 0.05) is 5.88 Å². The van der Waals surface area contributed by atoms with Crippen LogP contribution in [0.3, 0.4) is 0 Å². The van der Waals surface area contributed by atoms with Crippen LogP contribution in [0.15, 0.2) is 6.07 Å². The molecule has 0 bridgehead atoms. The van der Waals surface area contributed by atoms with Crippen molar-refractivity contribution in [3.05, 3.63) is 28.3 Å². The second kappa shape index (κ2) is 7.53. The summed E-state index contributed by atoms with van der Waals surface area (Å²) in [6.07, 6.45) is 1.94. The molecule has 0 aliphatic heterocycles. The number of phenols is 1. The zero-order valence-corrected chi connectivity index (χ0v) is 13.4. The Kier molecular flexibility index (Phi) is 6.34. The number of carbonyl (C=O) groups excluding carboxylic acids is 1. The molecular weight excluding hydrogens is 276 g/mol. The van der Waals surface area contributed by atoms with Crippen molar-refractivity contribution in [2.75, 3.05) is 5.88 Å². The van der Waals surface area contributed by atoms with Gasteiger partial charge in [0.1, 0.15) is 11.3 Å². The van der Waals surface area contributed by atoms with Crippen LogP contribution in [0, 0.1) is 0 Å². The van der Waals surface area contributed by atoms with Gasteiger partial charge in [0.15, 0.2) is 0 Å². The van der Waals surface area contributed by atoms with E-state index < -0.39 is 5.97 Å². The number of aromatic hydroxyl groups is 1. The molecule has 0 aromatic heterocycles. The third-order valence-electron chi connectivity index (χ3n) is 3.25. The summed E-state index contributed by atoms with van der Waals surface area (Å²) < 4.78 is 5.23. The molecule has 0 aliphatic rings. The van der Waals surface area contributed by atoms with Gasteiger partial charge in [-0.2, -0.15) is 0 Å².